The molecule has 0 aliphatic rings. The molecule has 1 aromatic carbocycles. The Bertz CT molecular complexity index is 695. The van der Waals surface area contributed by atoms with Crippen LogP contribution in [-0.2, 0) is 7.05 Å². The van der Waals surface area contributed by atoms with Gasteiger partial charge >= 0.3 is 5.97 Å². The Hall–Kier alpha value is -1.60. The van der Waals surface area contributed by atoms with Gasteiger partial charge in [-0.05, 0) is 40.2 Å². The maximum Gasteiger partial charge on any atom is 0.337 e. The quantitative estimate of drug-likeness (QED) is 0.826. The first-order valence-corrected chi connectivity index (χ1v) is 7.13. The molecular weight excluding hydrogens is 392 g/mol. The van der Waals surface area contributed by atoms with Gasteiger partial charge in [0.05, 0.1) is 11.3 Å². The van der Waals surface area contributed by atoms with E-state index in [1.165, 1.54) is 6.07 Å². The van der Waals surface area contributed by atoms with Gasteiger partial charge < -0.3 is 15.0 Å². The molecule has 1 aromatic heterocycles. The third-order valence-corrected chi connectivity index (χ3v) is 3.59. The lowest BCUT2D eigenvalue weighted by molar-refractivity contribution is 0.0698. The van der Waals surface area contributed by atoms with E-state index < -0.39 is 5.97 Å². The zero-order valence-electron chi connectivity index (χ0n) is 10.4. The topological polar surface area (TPSA) is 71.3 Å². The molecule has 0 radical (unpaired) electrons. The predicted molar refractivity (Wildman–Crippen MR) is 82.2 cm³/mol. The fourth-order valence-electron chi connectivity index (χ4n) is 1.74. The zero-order chi connectivity index (χ0) is 14.9. The molecule has 104 valence electrons. The number of carbonyl (C=O) groups excluding carboxylic acids is 1. The fraction of sp³-hybridized carbons (Fsp3) is 0.0769. The van der Waals surface area contributed by atoms with E-state index in [4.69, 9.17) is 5.11 Å². The summed E-state index contributed by atoms with van der Waals surface area (Å²) < 4.78 is 3.06. The van der Waals surface area contributed by atoms with Gasteiger partial charge in [0.1, 0.15) is 5.69 Å². The van der Waals surface area contributed by atoms with E-state index >= 15 is 0 Å². The second kappa shape index (κ2) is 5.80. The van der Waals surface area contributed by atoms with E-state index in [1.807, 2.05) is 0 Å². The normalized spacial score (nSPS) is 10.3. The molecule has 0 saturated carbocycles. The number of amides is 1. The number of rotatable bonds is 3. The number of hydrogen-bond donors (Lipinski definition) is 2. The number of nitrogens with zero attached hydrogens (tertiary/aromatic N) is 1. The van der Waals surface area contributed by atoms with E-state index in [0.29, 0.717) is 10.2 Å². The molecule has 0 saturated heterocycles. The predicted octanol–water partition coefficient (Wildman–Crippen LogP) is 3.50. The van der Waals surface area contributed by atoms with E-state index in [0.717, 1.165) is 4.47 Å². The van der Waals surface area contributed by atoms with Gasteiger partial charge in [-0.25, -0.2) is 4.79 Å². The Morgan fingerprint density at radius 3 is 2.45 bits per heavy atom. The summed E-state index contributed by atoms with van der Waals surface area (Å²) in [4.78, 5) is 23.3. The molecule has 20 heavy (non-hydrogen) atoms. The number of hydrogen-bond acceptors (Lipinski definition) is 2. The Balaban J connectivity index is 2.33. The van der Waals surface area contributed by atoms with Crippen molar-refractivity contribution in [1.82, 2.24) is 4.57 Å². The van der Waals surface area contributed by atoms with Crippen molar-refractivity contribution < 1.29 is 14.7 Å². The molecule has 0 spiro atoms. The lowest BCUT2D eigenvalue weighted by Gasteiger charge is -2.09. The number of benzene rings is 1. The molecule has 0 fully saturated rings. The van der Waals surface area contributed by atoms with Gasteiger partial charge in [-0.15, -0.1) is 0 Å². The number of aryl methyl sites for hydroxylation is 1. The minimum absolute atomic E-state index is 0.0287. The molecular formula is C13H10Br2N2O3. The standard InChI is InChI=1S/C13H10Br2N2O3/c1-17-6-8(15)5-11(17)12(18)16-10-3-2-7(14)4-9(10)13(19)20/h2-6H,1H3,(H,16,18)(H,19,20). The first-order valence-electron chi connectivity index (χ1n) is 5.54. The second-order valence-electron chi connectivity index (χ2n) is 4.10. The summed E-state index contributed by atoms with van der Waals surface area (Å²) in [7, 11) is 1.74. The van der Waals surface area contributed by atoms with E-state index in [1.54, 1.807) is 36.0 Å². The minimum atomic E-state index is -1.10. The Kier molecular flexibility index (Phi) is 4.29. The van der Waals surface area contributed by atoms with Crippen LogP contribution in [0.2, 0.25) is 0 Å². The number of anilines is 1. The van der Waals surface area contributed by atoms with Crippen LogP contribution in [0, 0.1) is 0 Å². The van der Waals surface area contributed by atoms with Gasteiger partial charge in [0.15, 0.2) is 0 Å². The Morgan fingerprint density at radius 2 is 1.90 bits per heavy atom. The number of nitrogens with one attached hydrogen (secondary N) is 1. The van der Waals surface area contributed by atoms with Crippen LogP contribution < -0.4 is 5.32 Å². The van der Waals surface area contributed by atoms with Crippen molar-refractivity contribution in [1.29, 1.82) is 0 Å². The summed E-state index contributed by atoms with van der Waals surface area (Å²) in [6, 6.07) is 6.32. The second-order valence-corrected chi connectivity index (χ2v) is 5.94. The highest BCUT2D eigenvalue weighted by Gasteiger charge is 2.16. The number of aromatic nitrogens is 1. The molecule has 0 aliphatic carbocycles. The highest BCUT2D eigenvalue weighted by atomic mass is 79.9. The number of aromatic carboxylic acids is 1. The molecule has 2 rings (SSSR count). The number of carbonyl (C=O) groups is 2. The van der Waals surface area contributed by atoms with Gasteiger partial charge in [0.2, 0.25) is 0 Å². The monoisotopic (exact) mass is 400 g/mol. The van der Waals surface area contributed by atoms with Crippen LogP contribution in [0.4, 0.5) is 5.69 Å². The highest BCUT2D eigenvalue weighted by molar-refractivity contribution is 9.10. The Labute approximate surface area is 131 Å². The van der Waals surface area contributed by atoms with Gasteiger partial charge in [-0.2, -0.15) is 0 Å². The van der Waals surface area contributed by atoms with Crippen LogP contribution in [0.5, 0.6) is 0 Å². The summed E-state index contributed by atoms with van der Waals surface area (Å²) in [6.07, 6.45) is 1.74. The fourth-order valence-corrected chi connectivity index (χ4v) is 2.62. The van der Waals surface area contributed by atoms with E-state index in [-0.39, 0.29) is 17.2 Å². The first kappa shape index (κ1) is 14.8. The summed E-state index contributed by atoms with van der Waals surface area (Å²) in [5, 5.41) is 11.8. The molecule has 2 N–H and O–H groups in total. The van der Waals surface area contributed by atoms with Crippen LogP contribution in [0.15, 0.2) is 39.4 Å². The summed E-state index contributed by atoms with van der Waals surface area (Å²) in [5.41, 5.74) is 0.708. The summed E-state index contributed by atoms with van der Waals surface area (Å²) in [6.45, 7) is 0. The first-order chi connectivity index (χ1) is 9.38. The lowest BCUT2D eigenvalue weighted by atomic mass is 10.2. The van der Waals surface area contributed by atoms with Crippen molar-refractivity contribution in [2.45, 2.75) is 0 Å². The van der Waals surface area contributed by atoms with Gasteiger partial charge in [0, 0.05) is 22.2 Å². The smallest absolute Gasteiger partial charge is 0.337 e. The summed E-state index contributed by atoms with van der Waals surface area (Å²) in [5.74, 6) is -1.47. The number of carboxylic acid groups (broad SMARTS) is 1. The molecule has 1 heterocycles. The SMILES string of the molecule is Cn1cc(Br)cc1C(=O)Nc1ccc(Br)cc1C(=O)O. The van der Waals surface area contributed by atoms with Crippen molar-refractivity contribution >= 4 is 49.4 Å². The third-order valence-electron chi connectivity index (χ3n) is 2.66. The molecule has 7 heteroatoms. The molecule has 0 atom stereocenters. The van der Waals surface area contributed by atoms with Crippen molar-refractivity contribution in [2.75, 3.05) is 5.32 Å². The average Bonchev–Trinajstić information content (AvgIpc) is 2.70. The molecule has 0 unspecified atom stereocenters. The molecule has 0 bridgehead atoms. The number of halogens is 2. The lowest BCUT2D eigenvalue weighted by Crippen LogP contribution is -2.17. The largest absolute Gasteiger partial charge is 0.478 e. The third kappa shape index (κ3) is 3.10. The van der Waals surface area contributed by atoms with Crippen LogP contribution >= 0.6 is 31.9 Å². The van der Waals surface area contributed by atoms with Crippen molar-refractivity contribution in [3.63, 3.8) is 0 Å². The maximum atomic E-state index is 12.2. The molecule has 0 aliphatic heterocycles. The molecule has 2 aromatic rings. The summed E-state index contributed by atoms with van der Waals surface area (Å²) >= 11 is 6.49. The zero-order valence-corrected chi connectivity index (χ0v) is 13.5. The maximum absolute atomic E-state index is 12.2. The van der Waals surface area contributed by atoms with Crippen LogP contribution in [0.3, 0.4) is 0 Å². The Morgan fingerprint density at radius 1 is 1.20 bits per heavy atom. The molecule has 1 amide bonds. The van der Waals surface area contributed by atoms with Crippen molar-refractivity contribution in [3.05, 3.63) is 50.7 Å². The average molecular weight is 402 g/mol. The van der Waals surface area contributed by atoms with Crippen LogP contribution in [-0.4, -0.2) is 21.6 Å². The molecule has 5 nitrogen and oxygen atoms in total. The van der Waals surface area contributed by atoms with E-state index in [2.05, 4.69) is 37.2 Å². The van der Waals surface area contributed by atoms with Gasteiger partial charge in [-0.1, -0.05) is 15.9 Å². The highest BCUT2D eigenvalue weighted by Crippen LogP contribution is 2.22. The van der Waals surface area contributed by atoms with Crippen LogP contribution in [0.25, 0.3) is 0 Å². The number of carboxylic acids is 1. The van der Waals surface area contributed by atoms with E-state index in [9.17, 15) is 9.59 Å². The van der Waals surface area contributed by atoms with Crippen molar-refractivity contribution in [3.8, 4) is 0 Å². The van der Waals surface area contributed by atoms with Gasteiger partial charge in [-0.3, -0.25) is 4.79 Å². The van der Waals surface area contributed by atoms with Gasteiger partial charge in [0.25, 0.3) is 5.91 Å². The van der Waals surface area contributed by atoms with Crippen LogP contribution in [0.1, 0.15) is 20.8 Å². The minimum Gasteiger partial charge on any atom is -0.478 e. The van der Waals surface area contributed by atoms with Crippen molar-refractivity contribution in [2.24, 2.45) is 7.05 Å².